The van der Waals surface area contributed by atoms with Crippen LogP contribution in [-0.2, 0) is 11.4 Å². The number of alkyl halides is 1. The Morgan fingerprint density at radius 1 is 1.50 bits per heavy atom. The normalized spacial score (nSPS) is 13.7. The minimum absolute atomic E-state index is 0.0525. The first-order valence-corrected chi connectivity index (χ1v) is 7.62. The zero-order valence-corrected chi connectivity index (χ0v) is 12.4. The van der Waals surface area contributed by atoms with E-state index in [0.29, 0.717) is 10.2 Å². The van der Waals surface area contributed by atoms with E-state index in [4.69, 9.17) is 0 Å². The first-order chi connectivity index (χ1) is 8.58. The van der Waals surface area contributed by atoms with E-state index >= 15 is 0 Å². The van der Waals surface area contributed by atoms with E-state index in [1.54, 1.807) is 0 Å². The molecule has 0 aliphatic carbocycles. The fraction of sp³-hybridized carbons (Fsp3) is 0.417. The van der Waals surface area contributed by atoms with Gasteiger partial charge in [0.25, 0.3) is 0 Å². The van der Waals surface area contributed by atoms with Crippen molar-refractivity contribution in [3.8, 4) is 0 Å². The molecule has 0 spiro atoms. The molecular formula is C12H14BrF2NOS. The van der Waals surface area contributed by atoms with Gasteiger partial charge in [-0.3, -0.25) is 0 Å². The third-order valence-corrected chi connectivity index (χ3v) is 3.81. The predicted molar refractivity (Wildman–Crippen MR) is 74.5 cm³/mol. The first kappa shape index (κ1) is 15.6. The molecule has 0 saturated heterocycles. The van der Waals surface area contributed by atoms with Crippen LogP contribution in [0.3, 0.4) is 0 Å². The summed E-state index contributed by atoms with van der Waals surface area (Å²) in [6.07, 6.45) is 1.63. The molecule has 6 heteroatoms. The molecule has 0 bridgehead atoms. The molecule has 0 fully saturated rings. The molecule has 1 aromatic carbocycles. The Labute approximate surface area is 117 Å². The SMILES string of the molecule is CCCC[S@@+]([O-])/N=C(\CF)c1cc(Br)ccc1F. The van der Waals surface area contributed by atoms with Crippen molar-refractivity contribution in [2.24, 2.45) is 4.40 Å². The Morgan fingerprint density at radius 3 is 2.83 bits per heavy atom. The van der Waals surface area contributed by atoms with E-state index in [-0.39, 0.29) is 11.3 Å². The highest BCUT2D eigenvalue weighted by atomic mass is 79.9. The van der Waals surface area contributed by atoms with Gasteiger partial charge in [0, 0.05) is 10.0 Å². The van der Waals surface area contributed by atoms with Crippen molar-refractivity contribution in [2.45, 2.75) is 19.8 Å². The maximum Gasteiger partial charge on any atom is 0.137 e. The summed E-state index contributed by atoms with van der Waals surface area (Å²) in [5.41, 5.74) is -0.0556. The second kappa shape index (κ2) is 7.86. The van der Waals surface area contributed by atoms with Crippen molar-refractivity contribution in [3.63, 3.8) is 0 Å². The van der Waals surface area contributed by atoms with Crippen LogP contribution < -0.4 is 0 Å². The third kappa shape index (κ3) is 4.66. The molecule has 100 valence electrons. The zero-order valence-electron chi connectivity index (χ0n) is 9.96. The first-order valence-electron chi connectivity index (χ1n) is 5.56. The summed E-state index contributed by atoms with van der Waals surface area (Å²) >= 11 is 1.68. The average Bonchev–Trinajstić information content (AvgIpc) is 2.36. The molecule has 0 aromatic heterocycles. The summed E-state index contributed by atoms with van der Waals surface area (Å²) < 4.78 is 42.4. The summed E-state index contributed by atoms with van der Waals surface area (Å²) in [5, 5.41) is 0. The average molecular weight is 338 g/mol. The highest BCUT2D eigenvalue weighted by molar-refractivity contribution is 9.10. The Kier molecular flexibility index (Phi) is 6.81. The molecule has 1 rings (SSSR count). The molecule has 0 aliphatic rings. The highest BCUT2D eigenvalue weighted by Crippen LogP contribution is 2.17. The smallest absolute Gasteiger partial charge is 0.137 e. The predicted octanol–water partition coefficient (Wildman–Crippen LogP) is 3.81. The summed E-state index contributed by atoms with van der Waals surface area (Å²) in [4.78, 5) is 0. The van der Waals surface area contributed by atoms with Crippen LogP contribution in [0.15, 0.2) is 27.1 Å². The van der Waals surface area contributed by atoms with Crippen LogP contribution in [-0.4, -0.2) is 22.7 Å². The van der Waals surface area contributed by atoms with Gasteiger partial charge in [-0.15, -0.1) is 0 Å². The van der Waals surface area contributed by atoms with E-state index in [9.17, 15) is 13.3 Å². The number of hydrogen-bond donors (Lipinski definition) is 0. The van der Waals surface area contributed by atoms with Gasteiger partial charge in [0.1, 0.15) is 24.0 Å². The van der Waals surface area contributed by atoms with Crippen LogP contribution in [0.4, 0.5) is 8.78 Å². The van der Waals surface area contributed by atoms with Gasteiger partial charge in [-0.1, -0.05) is 33.7 Å². The molecule has 0 amide bonds. The van der Waals surface area contributed by atoms with Crippen molar-refractivity contribution in [1.82, 2.24) is 0 Å². The lowest BCUT2D eigenvalue weighted by atomic mass is 10.1. The van der Waals surface area contributed by atoms with Gasteiger partial charge >= 0.3 is 0 Å². The van der Waals surface area contributed by atoms with E-state index in [0.717, 1.165) is 12.8 Å². The zero-order chi connectivity index (χ0) is 13.5. The van der Waals surface area contributed by atoms with Crippen molar-refractivity contribution in [2.75, 3.05) is 12.4 Å². The Bertz CT molecular complexity index is 429. The highest BCUT2D eigenvalue weighted by Gasteiger charge is 2.15. The van der Waals surface area contributed by atoms with Gasteiger partial charge in [-0.2, -0.15) is 0 Å². The lowest BCUT2D eigenvalue weighted by molar-refractivity contribution is 0.573. The second-order valence-electron chi connectivity index (χ2n) is 3.67. The van der Waals surface area contributed by atoms with Crippen LogP contribution >= 0.6 is 15.9 Å². The molecule has 1 aromatic rings. The van der Waals surface area contributed by atoms with Crippen LogP contribution in [0.2, 0.25) is 0 Å². The standard InChI is InChI=1S/C12H14BrF2NOS/c1-2-3-6-18(17)16-12(8-14)10-7-9(13)4-5-11(10)15/h4-5,7H,2-3,6,8H2,1H3/b16-12+/t18-/m1/s1. The lowest BCUT2D eigenvalue weighted by Crippen LogP contribution is -2.12. The van der Waals surface area contributed by atoms with Gasteiger partial charge in [-0.25, -0.2) is 8.78 Å². The fourth-order valence-electron chi connectivity index (χ4n) is 1.30. The molecular weight excluding hydrogens is 324 g/mol. The molecule has 2 nitrogen and oxygen atoms in total. The topological polar surface area (TPSA) is 35.4 Å². The Balaban J connectivity index is 2.94. The quantitative estimate of drug-likeness (QED) is 0.574. The molecule has 0 aliphatic heterocycles. The third-order valence-electron chi connectivity index (χ3n) is 2.25. The number of halogens is 3. The number of rotatable bonds is 6. The Hall–Kier alpha value is -0.460. The molecule has 18 heavy (non-hydrogen) atoms. The fourth-order valence-corrected chi connectivity index (χ4v) is 2.68. The largest absolute Gasteiger partial charge is 0.591 e. The minimum Gasteiger partial charge on any atom is -0.591 e. The van der Waals surface area contributed by atoms with Crippen LogP contribution in [0.5, 0.6) is 0 Å². The van der Waals surface area contributed by atoms with E-state index in [1.165, 1.54) is 18.2 Å². The number of hydrogen-bond acceptors (Lipinski definition) is 2. The maximum absolute atomic E-state index is 13.5. The van der Waals surface area contributed by atoms with Gasteiger partial charge in [-0.05, 0) is 24.6 Å². The minimum atomic E-state index is -1.50. The molecule has 0 unspecified atom stereocenters. The van der Waals surface area contributed by atoms with Crippen LogP contribution in [0, 0.1) is 5.82 Å². The van der Waals surface area contributed by atoms with Gasteiger partial charge in [0.15, 0.2) is 0 Å². The summed E-state index contributed by atoms with van der Waals surface area (Å²) in [6, 6.07) is 4.17. The van der Waals surface area contributed by atoms with Crippen molar-refractivity contribution in [3.05, 3.63) is 34.1 Å². The van der Waals surface area contributed by atoms with Crippen LogP contribution in [0.1, 0.15) is 25.3 Å². The van der Waals surface area contributed by atoms with E-state index in [1.807, 2.05) is 6.92 Å². The van der Waals surface area contributed by atoms with Crippen molar-refractivity contribution in [1.29, 1.82) is 0 Å². The van der Waals surface area contributed by atoms with Crippen LogP contribution in [0.25, 0.3) is 0 Å². The van der Waals surface area contributed by atoms with E-state index < -0.39 is 23.9 Å². The van der Waals surface area contributed by atoms with Crippen molar-refractivity contribution < 1.29 is 13.3 Å². The van der Waals surface area contributed by atoms with Gasteiger partial charge in [0.2, 0.25) is 0 Å². The molecule has 0 N–H and O–H groups in total. The maximum atomic E-state index is 13.5. The molecule has 0 heterocycles. The summed E-state index contributed by atoms with van der Waals surface area (Å²) in [6.45, 7) is 1.02. The summed E-state index contributed by atoms with van der Waals surface area (Å²) in [7, 11) is 0. The molecule has 1 atom stereocenters. The number of unbranched alkanes of at least 4 members (excludes halogenated alkanes) is 1. The lowest BCUT2D eigenvalue weighted by Gasteiger charge is -2.07. The second-order valence-corrected chi connectivity index (χ2v) is 5.82. The van der Waals surface area contributed by atoms with Crippen molar-refractivity contribution >= 4 is 33.0 Å². The Morgan fingerprint density at radius 2 is 2.22 bits per heavy atom. The summed E-state index contributed by atoms with van der Waals surface area (Å²) in [5.74, 6) is -0.197. The van der Waals surface area contributed by atoms with Gasteiger partial charge in [0.05, 0.1) is 11.4 Å². The number of nitrogens with zero attached hydrogens (tertiary/aromatic N) is 1. The van der Waals surface area contributed by atoms with E-state index in [2.05, 4.69) is 20.3 Å². The molecule has 0 saturated carbocycles. The van der Waals surface area contributed by atoms with Gasteiger partial charge < -0.3 is 4.55 Å². The molecule has 0 radical (unpaired) electrons. The number of benzene rings is 1. The monoisotopic (exact) mass is 337 g/mol.